The summed E-state index contributed by atoms with van der Waals surface area (Å²) in [5, 5.41) is 12.7. The summed E-state index contributed by atoms with van der Waals surface area (Å²) in [5.74, 6) is -1.19. The Bertz CT molecular complexity index is 2000. The fraction of sp³-hybridized carbons (Fsp3) is 0.476. The average Bonchev–Trinajstić information content (AvgIpc) is 3.26. The van der Waals surface area contributed by atoms with Crippen molar-refractivity contribution in [3.8, 4) is 0 Å². The van der Waals surface area contributed by atoms with Gasteiger partial charge in [-0.05, 0) is 104 Å². The molecule has 2 aliphatic rings. The van der Waals surface area contributed by atoms with Gasteiger partial charge >= 0.3 is 6.18 Å². The van der Waals surface area contributed by atoms with Crippen LogP contribution in [0.5, 0.6) is 0 Å². The van der Waals surface area contributed by atoms with Crippen LogP contribution in [0.25, 0.3) is 10.4 Å². The first-order valence-electron chi connectivity index (χ1n) is 20.3. The van der Waals surface area contributed by atoms with Crippen LogP contribution in [0.4, 0.5) is 24.5 Å². The molecule has 0 bridgehead atoms. The molecule has 3 N–H and O–H groups in total. The third kappa shape index (κ3) is 15.3. The Morgan fingerprint density at radius 3 is 2.31 bits per heavy atom. The molecule has 2 heterocycles. The zero-order chi connectivity index (χ0) is 43.5. The van der Waals surface area contributed by atoms with Gasteiger partial charge in [0.1, 0.15) is 0 Å². The zero-order valence-corrected chi connectivity index (χ0v) is 34.6. The Hall–Kier alpha value is -5.23. The lowest BCUT2D eigenvalue weighted by atomic mass is 9.95. The molecule has 5 rings (SSSR count). The first-order chi connectivity index (χ1) is 29.5. The molecule has 0 atom stereocenters. The minimum Gasteiger partial charge on any atom is -0.379 e. The van der Waals surface area contributed by atoms with Gasteiger partial charge in [-0.25, -0.2) is 5.43 Å². The maximum absolute atomic E-state index is 13.6. The predicted octanol–water partition coefficient (Wildman–Crippen LogP) is 7.05. The van der Waals surface area contributed by atoms with Crippen LogP contribution in [-0.2, 0) is 31.7 Å². The number of ether oxygens (including phenoxy) is 3. The Labute approximate surface area is 357 Å². The van der Waals surface area contributed by atoms with Crippen LogP contribution in [-0.4, -0.2) is 108 Å². The van der Waals surface area contributed by atoms with Gasteiger partial charge in [-0.15, -0.1) is 0 Å². The standard InChI is InChI=1S/C42H51ClF3N9O6/c43-37-9-7-30(26-36(37)42(44,45)46)28-50-52-41(58)35-27-34(55-15-2-1-3-16-55)8-10-38(35)51-40(57)33-6-4-5-31(25-33)29-54-17-11-32(12-18-54)39(56)48-13-19-59-21-23-61-24-22-60-20-14-49-53-47/h4-10,25-28,32H,1-3,11-24,29H2,(H,48,56)(H,51,57)(H,52,58). The maximum atomic E-state index is 13.6. The summed E-state index contributed by atoms with van der Waals surface area (Å²) in [6.45, 7) is 6.64. The molecule has 3 aromatic carbocycles. The third-order valence-corrected chi connectivity index (χ3v) is 10.5. The van der Waals surface area contributed by atoms with E-state index in [0.717, 1.165) is 62.0 Å². The van der Waals surface area contributed by atoms with Gasteiger partial charge in [0.25, 0.3) is 11.8 Å². The normalized spacial score (nSPS) is 15.0. The number of nitrogens with zero attached hydrogens (tertiary/aromatic N) is 6. The van der Waals surface area contributed by atoms with Gasteiger partial charge < -0.3 is 29.7 Å². The Morgan fingerprint density at radius 1 is 0.869 bits per heavy atom. The lowest BCUT2D eigenvalue weighted by Crippen LogP contribution is -2.41. The van der Waals surface area contributed by atoms with E-state index in [4.69, 9.17) is 31.3 Å². The van der Waals surface area contributed by atoms with E-state index in [2.05, 4.69) is 41.0 Å². The van der Waals surface area contributed by atoms with Gasteiger partial charge in [0.15, 0.2) is 0 Å². The van der Waals surface area contributed by atoms with Gasteiger partial charge in [-0.1, -0.05) is 34.9 Å². The molecule has 3 amide bonds. The number of rotatable bonds is 21. The van der Waals surface area contributed by atoms with E-state index >= 15 is 0 Å². The highest BCUT2D eigenvalue weighted by atomic mass is 35.5. The topological polar surface area (TPSA) is 183 Å². The monoisotopic (exact) mass is 869 g/mol. The number of hydrazone groups is 1. The first kappa shape index (κ1) is 46.8. The Kier molecular flexibility index (Phi) is 18.6. The molecule has 0 aliphatic carbocycles. The molecule has 19 heteroatoms. The van der Waals surface area contributed by atoms with Crippen molar-refractivity contribution in [2.45, 2.75) is 44.8 Å². The highest BCUT2D eigenvalue weighted by Crippen LogP contribution is 2.35. The van der Waals surface area contributed by atoms with Gasteiger partial charge in [0, 0.05) is 54.8 Å². The molecule has 15 nitrogen and oxygen atoms in total. The number of hydrogen-bond acceptors (Lipinski definition) is 10. The van der Waals surface area contributed by atoms with E-state index < -0.39 is 28.6 Å². The molecule has 0 saturated carbocycles. The Morgan fingerprint density at radius 2 is 1.59 bits per heavy atom. The van der Waals surface area contributed by atoms with Crippen LogP contribution in [0, 0.1) is 5.92 Å². The van der Waals surface area contributed by atoms with Crippen LogP contribution in [0.1, 0.15) is 69.5 Å². The number of likely N-dealkylation sites (tertiary alicyclic amines) is 1. The number of azide groups is 1. The molecular formula is C42H51ClF3N9O6. The van der Waals surface area contributed by atoms with E-state index in [-0.39, 0.29) is 35.2 Å². The second kappa shape index (κ2) is 24.3. The molecule has 2 aliphatic heterocycles. The van der Waals surface area contributed by atoms with Crippen molar-refractivity contribution >= 4 is 46.9 Å². The van der Waals surface area contributed by atoms with Crippen molar-refractivity contribution in [1.29, 1.82) is 0 Å². The molecule has 0 spiro atoms. The number of hydrogen-bond donors (Lipinski definition) is 3. The lowest BCUT2D eigenvalue weighted by molar-refractivity contribution is -0.137. The first-order valence-corrected chi connectivity index (χ1v) is 20.6. The summed E-state index contributed by atoms with van der Waals surface area (Å²) >= 11 is 5.74. The van der Waals surface area contributed by atoms with Crippen molar-refractivity contribution < 1.29 is 41.8 Å². The van der Waals surface area contributed by atoms with Crippen molar-refractivity contribution in [2.24, 2.45) is 16.1 Å². The van der Waals surface area contributed by atoms with Gasteiger partial charge in [-0.3, -0.25) is 19.3 Å². The summed E-state index contributed by atoms with van der Waals surface area (Å²) in [6, 6.07) is 15.7. The average molecular weight is 870 g/mol. The van der Waals surface area contributed by atoms with E-state index in [1.807, 2.05) is 12.1 Å². The predicted molar refractivity (Wildman–Crippen MR) is 226 cm³/mol. The highest BCUT2D eigenvalue weighted by molar-refractivity contribution is 6.31. The van der Waals surface area contributed by atoms with Crippen LogP contribution < -0.4 is 21.0 Å². The van der Waals surface area contributed by atoms with Crippen molar-refractivity contribution in [3.63, 3.8) is 0 Å². The molecule has 0 radical (unpaired) electrons. The third-order valence-electron chi connectivity index (χ3n) is 10.1. The number of halogens is 4. The second-order valence-electron chi connectivity index (χ2n) is 14.5. The lowest BCUT2D eigenvalue weighted by Gasteiger charge is -2.31. The molecule has 2 saturated heterocycles. The summed E-state index contributed by atoms with van der Waals surface area (Å²) < 4.78 is 56.3. The number of carbonyl (C=O) groups excluding carboxylic acids is 3. The summed E-state index contributed by atoms with van der Waals surface area (Å²) in [7, 11) is 0. The largest absolute Gasteiger partial charge is 0.417 e. The molecular weight excluding hydrogens is 819 g/mol. The summed E-state index contributed by atoms with van der Waals surface area (Å²) in [6.07, 6.45) is 0.950. The maximum Gasteiger partial charge on any atom is 0.417 e. The SMILES string of the molecule is [N-]=[N+]=NCCOCCOCCOCCNC(=O)C1CCN(Cc2cccc(C(=O)Nc3ccc(N4CCCCC4)cc3C(=O)NN=Cc3ccc(Cl)c(C(F)(F)F)c3)c2)CC1. The molecule has 61 heavy (non-hydrogen) atoms. The molecule has 0 unspecified atom stereocenters. The van der Waals surface area contributed by atoms with E-state index in [0.29, 0.717) is 84.2 Å². The number of carbonyl (C=O) groups is 3. The fourth-order valence-electron chi connectivity index (χ4n) is 6.94. The second-order valence-corrected chi connectivity index (χ2v) is 14.9. The number of benzene rings is 3. The van der Waals surface area contributed by atoms with Crippen LogP contribution in [0.3, 0.4) is 0 Å². The highest BCUT2D eigenvalue weighted by Gasteiger charge is 2.33. The minimum atomic E-state index is -4.66. The number of anilines is 2. The van der Waals surface area contributed by atoms with Crippen molar-refractivity contribution in [3.05, 3.63) is 104 Å². The molecule has 3 aromatic rings. The minimum absolute atomic E-state index is 0.000875. The van der Waals surface area contributed by atoms with E-state index in [1.54, 1.807) is 30.3 Å². The number of nitrogens with one attached hydrogen (secondary N) is 3. The number of piperidine rings is 2. The molecule has 328 valence electrons. The quantitative estimate of drug-likeness (QED) is 0.0254. The van der Waals surface area contributed by atoms with Gasteiger partial charge in [0.2, 0.25) is 5.91 Å². The van der Waals surface area contributed by atoms with Gasteiger partial charge in [-0.2, -0.15) is 18.3 Å². The Balaban J connectivity index is 1.10. The van der Waals surface area contributed by atoms with Crippen LogP contribution in [0.2, 0.25) is 5.02 Å². The van der Waals surface area contributed by atoms with Crippen LogP contribution in [0.15, 0.2) is 70.9 Å². The van der Waals surface area contributed by atoms with E-state index in [1.165, 1.54) is 6.07 Å². The molecule has 0 aromatic heterocycles. The van der Waals surface area contributed by atoms with Crippen molar-refractivity contribution in [2.75, 3.05) is 89.1 Å². The summed E-state index contributed by atoms with van der Waals surface area (Å²) in [5.41, 5.74) is 12.2. The number of alkyl halides is 3. The van der Waals surface area contributed by atoms with Crippen LogP contribution >= 0.6 is 11.6 Å². The fourth-order valence-corrected chi connectivity index (χ4v) is 7.17. The van der Waals surface area contributed by atoms with Crippen molar-refractivity contribution in [1.82, 2.24) is 15.6 Å². The molecule has 2 fully saturated rings. The number of amides is 3. The zero-order valence-electron chi connectivity index (χ0n) is 33.8. The van der Waals surface area contributed by atoms with E-state index in [9.17, 15) is 27.6 Å². The van der Waals surface area contributed by atoms with Gasteiger partial charge in [0.05, 0.1) is 67.7 Å². The smallest absolute Gasteiger partial charge is 0.379 e. The summed E-state index contributed by atoms with van der Waals surface area (Å²) in [4.78, 5) is 47.0.